The molecule has 3 nitrogen and oxygen atoms in total. The Kier molecular flexibility index (Phi) is 6.42. The third-order valence-electron chi connectivity index (χ3n) is 2.73. The van der Waals surface area contributed by atoms with Crippen molar-refractivity contribution in [2.45, 2.75) is 24.2 Å². The highest BCUT2D eigenvalue weighted by atomic mass is 31.2. The first-order valence-electron chi connectivity index (χ1n) is 6.36. The molecule has 0 amide bonds. The summed E-state index contributed by atoms with van der Waals surface area (Å²) in [6.45, 7) is -5.22. The van der Waals surface area contributed by atoms with Gasteiger partial charge in [-0.1, -0.05) is 18.2 Å². The molecule has 0 aliphatic carbocycles. The Bertz CT molecular complexity index is 607. The molecule has 1 rings (SSSR count). The summed E-state index contributed by atoms with van der Waals surface area (Å²) in [4.78, 5) is 0. The van der Waals surface area contributed by atoms with Crippen LogP contribution in [-0.4, -0.2) is 37.4 Å². The zero-order valence-electron chi connectivity index (χ0n) is 12.3. The second kappa shape index (κ2) is 7.35. The van der Waals surface area contributed by atoms with E-state index in [0.717, 1.165) is 24.3 Å². The zero-order valence-corrected chi connectivity index (χ0v) is 13.1. The molecule has 26 heavy (non-hydrogen) atoms. The molecule has 150 valence electrons. The van der Waals surface area contributed by atoms with Crippen LogP contribution in [0.2, 0.25) is 0 Å². The van der Waals surface area contributed by atoms with Crippen molar-refractivity contribution in [1.82, 2.24) is 0 Å². The third kappa shape index (κ3) is 5.34. The van der Waals surface area contributed by atoms with Crippen LogP contribution in [0.3, 0.4) is 0 Å². The van der Waals surface area contributed by atoms with Gasteiger partial charge in [0.05, 0.1) is 5.30 Å². The van der Waals surface area contributed by atoms with E-state index in [4.69, 9.17) is 0 Å². The van der Waals surface area contributed by atoms with E-state index in [9.17, 15) is 48.5 Å². The van der Waals surface area contributed by atoms with Gasteiger partial charge >= 0.3 is 31.8 Å². The Hall–Kier alpha value is -1.33. The molecule has 0 aliphatic heterocycles. The summed E-state index contributed by atoms with van der Waals surface area (Å²) < 4.78 is 144. The highest BCUT2D eigenvalue weighted by Crippen LogP contribution is 2.51. The number of hydrogen-bond donors (Lipinski definition) is 0. The quantitative estimate of drug-likeness (QED) is 0.462. The van der Waals surface area contributed by atoms with Crippen molar-refractivity contribution in [3.63, 3.8) is 0 Å². The Morgan fingerprint density at radius 2 is 1.04 bits per heavy atom. The second-order valence-corrected chi connectivity index (χ2v) is 6.81. The van der Waals surface area contributed by atoms with Crippen LogP contribution in [0.4, 0.5) is 43.9 Å². The van der Waals surface area contributed by atoms with Gasteiger partial charge in [0.25, 0.3) is 0 Å². The first-order chi connectivity index (χ1) is 11.5. The standard InChI is InChI=1S/C12H9F10O3P/c13-9(14,11(17,18)19)6-24-26(23,8-4-2-1-3-5-8)25-7-10(15,16)12(20,21)22/h1-5H,6-7H2. The normalized spacial score (nSPS) is 14.5. The summed E-state index contributed by atoms with van der Waals surface area (Å²) in [7, 11) is -5.36. The minimum atomic E-state index is -6.13. The van der Waals surface area contributed by atoms with Gasteiger partial charge in [0.2, 0.25) is 0 Å². The summed E-state index contributed by atoms with van der Waals surface area (Å²) in [5.74, 6) is -11.1. The van der Waals surface area contributed by atoms with Crippen LogP contribution < -0.4 is 5.30 Å². The van der Waals surface area contributed by atoms with Crippen molar-refractivity contribution in [3.8, 4) is 0 Å². The number of halogens is 10. The van der Waals surface area contributed by atoms with Crippen LogP contribution in [-0.2, 0) is 13.6 Å². The molecule has 0 N–H and O–H groups in total. The molecule has 0 radical (unpaired) electrons. The van der Waals surface area contributed by atoms with Crippen LogP contribution in [0.25, 0.3) is 0 Å². The average molecular weight is 422 g/mol. The van der Waals surface area contributed by atoms with Crippen LogP contribution in [0.5, 0.6) is 0 Å². The van der Waals surface area contributed by atoms with Gasteiger partial charge in [-0.05, 0) is 12.1 Å². The molecule has 0 unspecified atom stereocenters. The lowest BCUT2D eigenvalue weighted by molar-refractivity contribution is -0.293. The molecular formula is C12H9F10O3P. The smallest absolute Gasteiger partial charge is 0.298 e. The lowest BCUT2D eigenvalue weighted by Gasteiger charge is -2.26. The van der Waals surface area contributed by atoms with E-state index in [-0.39, 0.29) is 0 Å². The van der Waals surface area contributed by atoms with Crippen LogP contribution >= 0.6 is 7.60 Å². The maximum absolute atomic E-state index is 12.9. The topological polar surface area (TPSA) is 35.5 Å². The summed E-state index contributed by atoms with van der Waals surface area (Å²) in [5, 5.41) is -0.782. The minimum Gasteiger partial charge on any atom is -0.298 e. The Balaban J connectivity index is 3.08. The SMILES string of the molecule is O=P(OCC(F)(F)C(F)(F)F)(OCC(F)(F)C(F)(F)F)c1ccccc1. The number of alkyl halides is 10. The first-order valence-corrected chi connectivity index (χ1v) is 7.90. The van der Waals surface area contributed by atoms with E-state index in [2.05, 4.69) is 9.05 Å². The van der Waals surface area contributed by atoms with E-state index in [1.807, 2.05) is 0 Å². The highest BCUT2D eigenvalue weighted by molar-refractivity contribution is 7.62. The van der Waals surface area contributed by atoms with Crippen LogP contribution in [0, 0.1) is 0 Å². The van der Waals surface area contributed by atoms with E-state index in [1.165, 1.54) is 6.07 Å². The van der Waals surface area contributed by atoms with Crippen molar-refractivity contribution >= 4 is 12.9 Å². The predicted molar refractivity (Wildman–Crippen MR) is 67.6 cm³/mol. The van der Waals surface area contributed by atoms with Crippen LogP contribution in [0.1, 0.15) is 0 Å². The summed E-state index contributed by atoms with van der Waals surface area (Å²) in [5.41, 5.74) is 0. The van der Waals surface area contributed by atoms with Gasteiger partial charge in [-0.2, -0.15) is 43.9 Å². The lowest BCUT2D eigenvalue weighted by atomic mass is 10.3. The fraction of sp³-hybridized carbons (Fsp3) is 0.500. The summed E-state index contributed by atoms with van der Waals surface area (Å²) in [6, 6.07) is 4.91. The van der Waals surface area contributed by atoms with Gasteiger partial charge in [-0.15, -0.1) is 0 Å². The fourth-order valence-electron chi connectivity index (χ4n) is 1.29. The van der Waals surface area contributed by atoms with Crippen LogP contribution in [0.15, 0.2) is 30.3 Å². The summed E-state index contributed by atoms with van der Waals surface area (Å²) >= 11 is 0. The molecule has 14 heteroatoms. The third-order valence-corrected chi connectivity index (χ3v) is 4.60. The molecule has 0 heterocycles. The van der Waals surface area contributed by atoms with Gasteiger partial charge < -0.3 is 0 Å². The van der Waals surface area contributed by atoms with Gasteiger partial charge in [-0.25, -0.2) is 0 Å². The minimum absolute atomic E-state index is 0.776. The van der Waals surface area contributed by atoms with Gasteiger partial charge in [0.15, 0.2) is 0 Å². The van der Waals surface area contributed by atoms with Gasteiger partial charge in [0.1, 0.15) is 13.2 Å². The molecule has 1 aromatic rings. The van der Waals surface area contributed by atoms with Crippen molar-refractivity contribution in [1.29, 1.82) is 0 Å². The Morgan fingerprint density at radius 3 is 1.35 bits per heavy atom. The van der Waals surface area contributed by atoms with Crippen molar-refractivity contribution in [3.05, 3.63) is 30.3 Å². The molecule has 0 saturated carbocycles. The largest absolute Gasteiger partial charge is 0.455 e. The van der Waals surface area contributed by atoms with Gasteiger partial charge in [0, 0.05) is 0 Å². The maximum atomic E-state index is 12.9. The molecule has 0 fully saturated rings. The number of hydrogen-bond acceptors (Lipinski definition) is 3. The zero-order chi connectivity index (χ0) is 20.4. The molecule has 1 aromatic carbocycles. The van der Waals surface area contributed by atoms with E-state index < -0.39 is 50.3 Å². The molecular weight excluding hydrogens is 413 g/mol. The number of benzene rings is 1. The molecule has 0 atom stereocenters. The summed E-state index contributed by atoms with van der Waals surface area (Å²) in [6.07, 6.45) is -12.3. The molecule has 0 aromatic heterocycles. The molecule has 0 saturated heterocycles. The average Bonchev–Trinajstić information content (AvgIpc) is 2.50. The Morgan fingerprint density at radius 1 is 0.692 bits per heavy atom. The monoisotopic (exact) mass is 422 g/mol. The van der Waals surface area contributed by atoms with Crippen molar-refractivity contribution in [2.24, 2.45) is 0 Å². The molecule has 0 bridgehead atoms. The van der Waals surface area contributed by atoms with E-state index in [0.29, 0.717) is 0 Å². The van der Waals surface area contributed by atoms with E-state index in [1.54, 1.807) is 0 Å². The van der Waals surface area contributed by atoms with E-state index >= 15 is 0 Å². The van der Waals surface area contributed by atoms with Crippen molar-refractivity contribution < 1.29 is 57.5 Å². The fourth-order valence-corrected chi connectivity index (χ4v) is 2.87. The number of rotatable bonds is 7. The molecule has 0 spiro atoms. The second-order valence-electron chi connectivity index (χ2n) is 4.78. The maximum Gasteiger partial charge on any atom is 0.455 e. The van der Waals surface area contributed by atoms with Gasteiger partial charge in [-0.3, -0.25) is 13.6 Å². The predicted octanol–water partition coefficient (Wildman–Crippen LogP) is 4.93. The van der Waals surface area contributed by atoms with Crippen molar-refractivity contribution in [2.75, 3.05) is 13.2 Å². The molecule has 0 aliphatic rings. The first kappa shape index (κ1) is 22.7. The Labute approximate surface area is 139 Å². The highest BCUT2D eigenvalue weighted by Gasteiger charge is 2.60. The lowest BCUT2D eigenvalue weighted by Crippen LogP contribution is -2.42.